The molecule has 0 saturated heterocycles. The molecular weight excluding hydrogens is 160 g/mol. The van der Waals surface area contributed by atoms with E-state index in [1.807, 2.05) is 0 Å². The third-order valence-electron chi connectivity index (χ3n) is 3.38. The van der Waals surface area contributed by atoms with Crippen molar-refractivity contribution in [2.24, 2.45) is 11.1 Å². The Hall–Kier alpha value is -0.0800. The van der Waals surface area contributed by atoms with Crippen LogP contribution < -0.4 is 11.1 Å². The quantitative estimate of drug-likeness (QED) is 0.685. The minimum absolute atomic E-state index is 0.287. The molecule has 0 bridgehead atoms. The Balaban J connectivity index is 2.23. The highest BCUT2D eigenvalue weighted by Gasteiger charge is 2.31. The molecule has 1 unspecified atom stereocenters. The highest BCUT2D eigenvalue weighted by Crippen LogP contribution is 2.40. The van der Waals surface area contributed by atoms with E-state index in [1.54, 1.807) is 0 Å². The summed E-state index contributed by atoms with van der Waals surface area (Å²) in [6, 6.07) is 0.287. The van der Waals surface area contributed by atoms with Gasteiger partial charge in [-0.25, -0.2) is 0 Å². The van der Waals surface area contributed by atoms with Gasteiger partial charge in [-0.05, 0) is 31.6 Å². The first kappa shape index (κ1) is 11.0. The Morgan fingerprint density at radius 1 is 1.38 bits per heavy atom. The summed E-state index contributed by atoms with van der Waals surface area (Å²) >= 11 is 0. The Kier molecular flexibility index (Phi) is 4.20. The molecule has 1 fully saturated rings. The van der Waals surface area contributed by atoms with Gasteiger partial charge >= 0.3 is 0 Å². The van der Waals surface area contributed by atoms with Crippen LogP contribution in [0.5, 0.6) is 0 Å². The predicted octanol–water partition coefficient (Wildman–Crippen LogP) is 1.89. The van der Waals surface area contributed by atoms with E-state index in [-0.39, 0.29) is 6.04 Å². The van der Waals surface area contributed by atoms with Crippen LogP contribution in [0, 0.1) is 5.41 Å². The molecule has 0 aliphatic heterocycles. The normalized spacial score (nSPS) is 23.3. The number of rotatable bonds is 5. The lowest BCUT2D eigenvalue weighted by Crippen LogP contribution is -2.38. The average Bonchev–Trinajstić information content (AvgIpc) is 2.53. The zero-order chi connectivity index (χ0) is 9.73. The molecule has 13 heavy (non-hydrogen) atoms. The van der Waals surface area contributed by atoms with Gasteiger partial charge in [0.1, 0.15) is 0 Å². The predicted molar refractivity (Wildman–Crippen MR) is 57.7 cm³/mol. The summed E-state index contributed by atoms with van der Waals surface area (Å²) in [4.78, 5) is 0. The highest BCUT2D eigenvalue weighted by molar-refractivity contribution is 4.85. The minimum atomic E-state index is 0.287. The highest BCUT2D eigenvalue weighted by atomic mass is 14.9. The van der Waals surface area contributed by atoms with E-state index in [0.717, 1.165) is 6.54 Å². The fraction of sp³-hybridized carbons (Fsp3) is 1.00. The first-order chi connectivity index (χ1) is 6.18. The summed E-state index contributed by atoms with van der Waals surface area (Å²) < 4.78 is 0. The second-order valence-corrected chi connectivity index (χ2v) is 4.67. The van der Waals surface area contributed by atoms with Gasteiger partial charge in [0.2, 0.25) is 0 Å². The van der Waals surface area contributed by atoms with E-state index in [2.05, 4.69) is 19.2 Å². The van der Waals surface area contributed by atoms with Crippen LogP contribution >= 0.6 is 0 Å². The molecule has 0 aromatic carbocycles. The van der Waals surface area contributed by atoms with Crippen LogP contribution in [0.15, 0.2) is 0 Å². The van der Waals surface area contributed by atoms with Gasteiger partial charge in [-0.2, -0.15) is 0 Å². The van der Waals surface area contributed by atoms with Crippen molar-refractivity contribution < 1.29 is 0 Å². The standard InChI is InChI=1S/C11H24N2/c1-3-11(6-4-5-7-11)9-13-8-10(2)12/h10,13H,3-9,12H2,1-2H3. The van der Waals surface area contributed by atoms with Gasteiger partial charge in [0.15, 0.2) is 0 Å². The van der Waals surface area contributed by atoms with Crippen molar-refractivity contribution in [3.8, 4) is 0 Å². The molecule has 0 radical (unpaired) electrons. The summed E-state index contributed by atoms with van der Waals surface area (Å²) in [6.45, 7) is 6.51. The summed E-state index contributed by atoms with van der Waals surface area (Å²) in [5.74, 6) is 0. The number of nitrogens with two attached hydrogens (primary N) is 1. The summed E-state index contributed by atoms with van der Waals surface area (Å²) in [5.41, 5.74) is 6.31. The molecule has 0 aromatic rings. The third kappa shape index (κ3) is 3.28. The number of nitrogens with one attached hydrogen (secondary N) is 1. The second kappa shape index (κ2) is 4.97. The van der Waals surface area contributed by atoms with Crippen molar-refractivity contribution in [1.29, 1.82) is 0 Å². The Morgan fingerprint density at radius 2 is 2.00 bits per heavy atom. The summed E-state index contributed by atoms with van der Waals surface area (Å²) in [5, 5.41) is 3.49. The monoisotopic (exact) mass is 184 g/mol. The van der Waals surface area contributed by atoms with Gasteiger partial charge in [-0.15, -0.1) is 0 Å². The summed E-state index contributed by atoms with van der Waals surface area (Å²) in [6.07, 6.45) is 6.99. The smallest absolute Gasteiger partial charge is 0.0136 e. The lowest BCUT2D eigenvalue weighted by Gasteiger charge is -2.28. The van der Waals surface area contributed by atoms with E-state index in [9.17, 15) is 0 Å². The van der Waals surface area contributed by atoms with Crippen molar-refractivity contribution in [3.63, 3.8) is 0 Å². The molecule has 0 heterocycles. The van der Waals surface area contributed by atoms with Crippen LogP contribution in [0.25, 0.3) is 0 Å². The van der Waals surface area contributed by atoms with Crippen LogP contribution in [-0.2, 0) is 0 Å². The van der Waals surface area contributed by atoms with E-state index < -0.39 is 0 Å². The van der Waals surface area contributed by atoms with Crippen molar-refractivity contribution in [2.75, 3.05) is 13.1 Å². The second-order valence-electron chi connectivity index (χ2n) is 4.67. The molecule has 1 rings (SSSR count). The molecule has 2 nitrogen and oxygen atoms in total. The Labute approximate surface area is 82.3 Å². The molecule has 1 aliphatic rings. The lowest BCUT2D eigenvalue weighted by molar-refractivity contribution is 0.267. The van der Waals surface area contributed by atoms with Gasteiger partial charge in [0, 0.05) is 19.1 Å². The fourth-order valence-electron chi connectivity index (χ4n) is 2.35. The van der Waals surface area contributed by atoms with Crippen molar-refractivity contribution in [2.45, 2.75) is 52.0 Å². The maximum absolute atomic E-state index is 5.70. The largest absolute Gasteiger partial charge is 0.327 e. The topological polar surface area (TPSA) is 38.0 Å². The van der Waals surface area contributed by atoms with Gasteiger partial charge in [0.05, 0.1) is 0 Å². The van der Waals surface area contributed by atoms with Crippen molar-refractivity contribution in [1.82, 2.24) is 5.32 Å². The van der Waals surface area contributed by atoms with Gasteiger partial charge < -0.3 is 11.1 Å². The maximum Gasteiger partial charge on any atom is 0.0136 e. The van der Waals surface area contributed by atoms with Gasteiger partial charge in [-0.1, -0.05) is 19.8 Å². The zero-order valence-corrected chi connectivity index (χ0v) is 9.10. The van der Waals surface area contributed by atoms with Crippen LogP contribution in [0.3, 0.4) is 0 Å². The fourth-order valence-corrected chi connectivity index (χ4v) is 2.35. The Morgan fingerprint density at radius 3 is 2.46 bits per heavy atom. The van der Waals surface area contributed by atoms with Gasteiger partial charge in [-0.3, -0.25) is 0 Å². The summed E-state index contributed by atoms with van der Waals surface area (Å²) in [7, 11) is 0. The average molecular weight is 184 g/mol. The molecule has 0 amide bonds. The lowest BCUT2D eigenvalue weighted by atomic mass is 9.83. The first-order valence-electron chi connectivity index (χ1n) is 5.65. The maximum atomic E-state index is 5.70. The third-order valence-corrected chi connectivity index (χ3v) is 3.38. The molecule has 1 atom stereocenters. The Bertz CT molecular complexity index is 137. The molecular formula is C11H24N2. The first-order valence-corrected chi connectivity index (χ1v) is 5.65. The van der Waals surface area contributed by atoms with E-state index in [1.165, 1.54) is 38.6 Å². The van der Waals surface area contributed by atoms with Crippen LogP contribution in [0.2, 0.25) is 0 Å². The van der Waals surface area contributed by atoms with Crippen molar-refractivity contribution in [3.05, 3.63) is 0 Å². The molecule has 78 valence electrons. The van der Waals surface area contributed by atoms with Crippen molar-refractivity contribution >= 4 is 0 Å². The number of hydrogen-bond acceptors (Lipinski definition) is 2. The molecule has 0 aromatic heterocycles. The van der Waals surface area contributed by atoms with E-state index in [4.69, 9.17) is 5.73 Å². The van der Waals surface area contributed by atoms with Gasteiger partial charge in [0.25, 0.3) is 0 Å². The molecule has 3 N–H and O–H groups in total. The minimum Gasteiger partial charge on any atom is -0.327 e. The molecule has 2 heteroatoms. The SMILES string of the molecule is CCC1(CNCC(C)N)CCCC1. The number of hydrogen-bond donors (Lipinski definition) is 2. The zero-order valence-electron chi connectivity index (χ0n) is 9.10. The van der Waals surface area contributed by atoms with Crippen LogP contribution in [-0.4, -0.2) is 19.1 Å². The molecule has 1 aliphatic carbocycles. The van der Waals surface area contributed by atoms with E-state index >= 15 is 0 Å². The molecule has 1 saturated carbocycles. The van der Waals surface area contributed by atoms with Crippen LogP contribution in [0.4, 0.5) is 0 Å². The molecule has 0 spiro atoms. The van der Waals surface area contributed by atoms with Crippen LogP contribution in [0.1, 0.15) is 46.0 Å². The van der Waals surface area contributed by atoms with E-state index in [0.29, 0.717) is 5.41 Å².